The minimum absolute atomic E-state index is 0.130. The molecular weight excluding hydrogens is 539 g/mol. The van der Waals surface area contributed by atoms with Gasteiger partial charge in [0.1, 0.15) is 5.75 Å². The van der Waals surface area contributed by atoms with Crippen LogP contribution < -0.4 is 10.1 Å². The van der Waals surface area contributed by atoms with Crippen molar-refractivity contribution in [1.29, 1.82) is 0 Å². The molecule has 3 rings (SSSR count). The van der Waals surface area contributed by atoms with Gasteiger partial charge in [0.05, 0.1) is 18.6 Å². The van der Waals surface area contributed by atoms with Gasteiger partial charge in [-0.2, -0.15) is 4.31 Å². The molecule has 0 heterocycles. The lowest BCUT2D eigenvalue weighted by atomic mass is 10.1. The minimum Gasteiger partial charge on any atom is -0.496 e. The summed E-state index contributed by atoms with van der Waals surface area (Å²) in [5, 5.41) is 2.78. The van der Waals surface area contributed by atoms with Gasteiger partial charge in [0.2, 0.25) is 15.9 Å². The summed E-state index contributed by atoms with van der Waals surface area (Å²) in [6.07, 6.45) is 0.492. The fourth-order valence-electron chi connectivity index (χ4n) is 3.24. The fraction of sp³-hybridized carbons (Fsp3) is 0.208. The largest absolute Gasteiger partial charge is 0.496 e. The lowest BCUT2D eigenvalue weighted by Crippen LogP contribution is -2.39. The van der Waals surface area contributed by atoms with Crippen molar-refractivity contribution in [1.82, 2.24) is 4.31 Å². The van der Waals surface area contributed by atoms with Gasteiger partial charge in [-0.05, 0) is 89.5 Å². The van der Waals surface area contributed by atoms with Crippen LogP contribution in [0.25, 0.3) is 0 Å². The normalized spacial score (nSPS) is 11.4. The Hall–Kier alpha value is -2.43. The highest BCUT2D eigenvalue weighted by atomic mass is 127. The van der Waals surface area contributed by atoms with Crippen molar-refractivity contribution in [2.75, 3.05) is 25.5 Å². The second-order valence-electron chi connectivity index (χ2n) is 7.26. The summed E-state index contributed by atoms with van der Waals surface area (Å²) in [5.41, 5.74) is 2.33. The first-order valence-corrected chi connectivity index (χ1v) is 12.6. The lowest BCUT2D eigenvalue weighted by Gasteiger charge is -2.22. The number of carbonyl (C=O) groups excluding carboxylic acids is 1. The van der Waals surface area contributed by atoms with Gasteiger partial charge < -0.3 is 10.1 Å². The number of nitrogens with zero attached hydrogens (tertiary/aromatic N) is 1. The molecule has 6 nitrogen and oxygen atoms in total. The maximum absolute atomic E-state index is 13.4. The van der Waals surface area contributed by atoms with E-state index < -0.39 is 15.9 Å². The average molecular weight is 564 g/mol. The molecular formula is C24H25IN2O4S. The van der Waals surface area contributed by atoms with Gasteiger partial charge in [-0.25, -0.2) is 8.42 Å². The first-order chi connectivity index (χ1) is 15.3. The van der Waals surface area contributed by atoms with E-state index in [1.54, 1.807) is 31.2 Å². The molecule has 0 atom stereocenters. The van der Waals surface area contributed by atoms with Crippen LogP contribution in [-0.2, 0) is 21.2 Å². The molecule has 8 heteroatoms. The van der Waals surface area contributed by atoms with Gasteiger partial charge >= 0.3 is 0 Å². The van der Waals surface area contributed by atoms with E-state index in [0.29, 0.717) is 23.4 Å². The van der Waals surface area contributed by atoms with Gasteiger partial charge in [-0.15, -0.1) is 0 Å². The molecule has 0 aliphatic carbocycles. The fourth-order valence-corrected chi connectivity index (χ4v) is 5.08. The zero-order valence-corrected chi connectivity index (χ0v) is 20.9. The van der Waals surface area contributed by atoms with E-state index in [1.165, 1.54) is 17.5 Å². The van der Waals surface area contributed by atoms with E-state index in [9.17, 15) is 13.2 Å². The number of rotatable bonds is 9. The van der Waals surface area contributed by atoms with Gasteiger partial charge in [-0.3, -0.25) is 4.79 Å². The molecule has 0 bridgehead atoms. The van der Waals surface area contributed by atoms with Crippen molar-refractivity contribution in [2.45, 2.75) is 18.2 Å². The summed E-state index contributed by atoms with van der Waals surface area (Å²) < 4.78 is 34.4. The highest BCUT2D eigenvalue weighted by Crippen LogP contribution is 2.24. The van der Waals surface area contributed by atoms with E-state index >= 15 is 0 Å². The molecule has 3 aromatic carbocycles. The van der Waals surface area contributed by atoms with E-state index in [2.05, 4.69) is 27.9 Å². The zero-order chi connectivity index (χ0) is 23.1. The van der Waals surface area contributed by atoms with Crippen LogP contribution >= 0.6 is 22.6 Å². The molecule has 1 amide bonds. The predicted octanol–water partition coefficient (Wildman–Crippen LogP) is 4.48. The number of nitrogens with one attached hydrogen (secondary N) is 1. The smallest absolute Gasteiger partial charge is 0.243 e. The van der Waals surface area contributed by atoms with Crippen LogP contribution in [0.4, 0.5) is 5.69 Å². The Bertz CT molecular complexity index is 1170. The number of methoxy groups -OCH3 is 1. The van der Waals surface area contributed by atoms with Crippen molar-refractivity contribution in [3.8, 4) is 5.75 Å². The number of sulfonamides is 1. The Balaban J connectivity index is 1.84. The molecule has 168 valence electrons. The second-order valence-corrected chi connectivity index (χ2v) is 10.4. The number of hydrogen-bond acceptors (Lipinski definition) is 4. The van der Waals surface area contributed by atoms with Gasteiger partial charge in [-0.1, -0.05) is 30.3 Å². The summed E-state index contributed by atoms with van der Waals surface area (Å²) in [4.78, 5) is 12.9. The quantitative estimate of drug-likeness (QED) is 0.389. The molecule has 3 aromatic rings. The number of hydrogen-bond donors (Lipinski definition) is 1. The van der Waals surface area contributed by atoms with Crippen LogP contribution in [0.2, 0.25) is 0 Å². The Morgan fingerprint density at radius 2 is 1.72 bits per heavy atom. The lowest BCUT2D eigenvalue weighted by molar-refractivity contribution is -0.116. The summed E-state index contributed by atoms with van der Waals surface area (Å²) in [6.45, 7) is 1.68. The number of anilines is 1. The standard InChI is InChI=1S/C24H25IN2O4S/c1-18-16-22(12-13-23(18)31-2)32(29,30)27(15-14-19-6-4-3-5-7-19)17-24(28)26-21-10-8-20(25)9-11-21/h3-13,16H,14-15,17H2,1-2H3,(H,26,28). The van der Waals surface area contributed by atoms with Gasteiger partial charge in [0.25, 0.3) is 0 Å². The third-order valence-corrected chi connectivity index (χ3v) is 7.51. The number of aryl methyl sites for hydroxylation is 1. The van der Waals surface area contributed by atoms with Crippen LogP contribution in [0.5, 0.6) is 5.75 Å². The Morgan fingerprint density at radius 1 is 1.03 bits per heavy atom. The monoisotopic (exact) mass is 564 g/mol. The number of benzene rings is 3. The zero-order valence-electron chi connectivity index (χ0n) is 17.9. The van der Waals surface area contributed by atoms with Crippen LogP contribution in [0.15, 0.2) is 77.7 Å². The predicted molar refractivity (Wildman–Crippen MR) is 134 cm³/mol. The van der Waals surface area contributed by atoms with Gasteiger partial charge in [0.15, 0.2) is 0 Å². The minimum atomic E-state index is -3.90. The molecule has 0 fully saturated rings. The van der Waals surface area contributed by atoms with Crippen molar-refractivity contribution in [2.24, 2.45) is 0 Å². The SMILES string of the molecule is COc1ccc(S(=O)(=O)N(CCc2ccccc2)CC(=O)Nc2ccc(I)cc2)cc1C. The summed E-state index contributed by atoms with van der Waals surface area (Å²) >= 11 is 2.18. The first kappa shape index (κ1) is 24.2. The van der Waals surface area contributed by atoms with Crippen molar-refractivity contribution in [3.05, 3.63) is 87.5 Å². The highest BCUT2D eigenvalue weighted by Gasteiger charge is 2.27. The Labute approximate surface area is 202 Å². The highest BCUT2D eigenvalue weighted by molar-refractivity contribution is 14.1. The first-order valence-electron chi connectivity index (χ1n) is 10.0. The number of amides is 1. The molecule has 0 spiro atoms. The molecule has 32 heavy (non-hydrogen) atoms. The summed E-state index contributed by atoms with van der Waals surface area (Å²) in [5.74, 6) is 0.212. The molecule has 0 aliphatic rings. The maximum Gasteiger partial charge on any atom is 0.243 e. The molecule has 0 aliphatic heterocycles. The third kappa shape index (κ3) is 6.30. The molecule has 0 aromatic heterocycles. The van der Waals surface area contributed by atoms with Crippen LogP contribution in [0.1, 0.15) is 11.1 Å². The summed E-state index contributed by atoms with van der Waals surface area (Å²) in [6, 6.07) is 21.6. The van der Waals surface area contributed by atoms with E-state index in [-0.39, 0.29) is 18.0 Å². The van der Waals surface area contributed by atoms with Crippen LogP contribution in [0.3, 0.4) is 0 Å². The third-order valence-electron chi connectivity index (χ3n) is 4.94. The molecule has 0 saturated heterocycles. The number of halogens is 1. The summed E-state index contributed by atoms with van der Waals surface area (Å²) in [7, 11) is -2.36. The van der Waals surface area contributed by atoms with Crippen LogP contribution in [-0.4, -0.2) is 38.8 Å². The maximum atomic E-state index is 13.4. The Morgan fingerprint density at radius 3 is 2.34 bits per heavy atom. The molecule has 0 unspecified atom stereocenters. The van der Waals surface area contributed by atoms with E-state index in [4.69, 9.17) is 4.74 Å². The van der Waals surface area contributed by atoms with E-state index in [0.717, 1.165) is 9.13 Å². The van der Waals surface area contributed by atoms with E-state index in [1.807, 2.05) is 42.5 Å². The molecule has 0 saturated carbocycles. The average Bonchev–Trinajstić information content (AvgIpc) is 2.78. The van der Waals surface area contributed by atoms with Gasteiger partial charge in [0, 0.05) is 15.8 Å². The van der Waals surface area contributed by atoms with Crippen molar-refractivity contribution < 1.29 is 17.9 Å². The molecule has 0 radical (unpaired) electrons. The van der Waals surface area contributed by atoms with Crippen molar-refractivity contribution >= 4 is 44.2 Å². The molecule has 1 N–H and O–H groups in total. The topological polar surface area (TPSA) is 75.7 Å². The van der Waals surface area contributed by atoms with Crippen molar-refractivity contribution in [3.63, 3.8) is 0 Å². The number of ether oxygens (including phenoxy) is 1. The Kier molecular flexibility index (Phi) is 8.27. The second kappa shape index (κ2) is 10.9. The van der Waals surface area contributed by atoms with Crippen LogP contribution in [0, 0.1) is 10.5 Å². The number of carbonyl (C=O) groups is 1.